The third-order valence-corrected chi connectivity index (χ3v) is 31.1. The molecule has 0 heterocycles. The first-order valence-corrected chi connectivity index (χ1v) is 26.5. The van der Waals surface area contributed by atoms with Crippen LogP contribution in [0.3, 0.4) is 0 Å². The van der Waals surface area contributed by atoms with Crippen LogP contribution in [0.15, 0.2) is 0 Å². The van der Waals surface area contributed by atoms with Gasteiger partial charge in [0.05, 0.1) is 0 Å². The number of hydrogen-bond acceptors (Lipinski definition) is 4. The molecule has 0 N–H and O–H groups in total. The van der Waals surface area contributed by atoms with Crippen LogP contribution in [-0.4, -0.2) is 109 Å². The van der Waals surface area contributed by atoms with E-state index in [4.69, 9.17) is 0 Å². The molecule has 0 fully saturated rings. The van der Waals surface area contributed by atoms with Crippen molar-refractivity contribution in [3.63, 3.8) is 0 Å². The Morgan fingerprint density at radius 1 is 0.350 bits per heavy atom. The van der Waals surface area contributed by atoms with Crippen molar-refractivity contribution in [1.82, 2.24) is 17.6 Å². The summed E-state index contributed by atoms with van der Waals surface area (Å²) in [7, 11) is -0.646. The van der Waals surface area contributed by atoms with Gasteiger partial charge >= 0.3 is 0 Å². The molecule has 40 heavy (non-hydrogen) atoms. The molecule has 3 unspecified atom stereocenters. The fraction of sp³-hybridized carbons (Fsp3) is 1.00. The van der Waals surface area contributed by atoms with Gasteiger partial charge in [0.25, 0.3) is 0 Å². The highest BCUT2D eigenvalue weighted by Gasteiger charge is 2.52. The predicted molar refractivity (Wildman–Crippen MR) is 206 cm³/mol. The van der Waals surface area contributed by atoms with Crippen molar-refractivity contribution < 1.29 is 0 Å². The molecule has 0 aliphatic heterocycles. The Kier molecular flexibility index (Phi) is 15.4. The molecule has 0 saturated carbocycles. The van der Waals surface area contributed by atoms with E-state index in [0.717, 1.165) is 0 Å². The van der Waals surface area contributed by atoms with Gasteiger partial charge in [-0.25, -0.2) is 0 Å². The van der Waals surface area contributed by atoms with Gasteiger partial charge < -0.3 is 17.6 Å². The second kappa shape index (κ2) is 14.9. The van der Waals surface area contributed by atoms with Crippen LogP contribution < -0.4 is 0 Å². The first-order valence-electron chi connectivity index (χ1n) is 16.7. The molecule has 0 radical (unpaired) electrons. The standard InChI is InChI=1S/C30H78N4Si6/c1-25(2,3)31(26(4,5)6)38(22-19-35)34(39(23-20-36)32(27(7,8)9)28(10,11)12)40(24-21-37)33(29(13,14)15)30(16,17)18/h38-40H,19-24H2,1-18,35-37H3. The summed E-state index contributed by atoms with van der Waals surface area (Å²) in [4.78, 5) is 0. The zero-order chi connectivity index (χ0) is 32.3. The van der Waals surface area contributed by atoms with Crippen LogP contribution in [0, 0.1) is 0 Å². The molecular weight excluding hydrogens is 585 g/mol. The molecule has 0 aliphatic rings. The minimum atomic E-state index is -1.52. The normalized spacial score (nSPS) is 17.6. The van der Waals surface area contributed by atoms with Gasteiger partial charge in [0.1, 0.15) is 0 Å². The Bertz CT molecular complexity index is 596. The first-order chi connectivity index (χ1) is 17.6. The SMILES string of the molecule is CC(C)(C)N([SiH](CC[SiH3])N([SiH](CC[SiH3])N(C(C)(C)C)C(C)(C)C)[SiH](CC[SiH3])N(C(C)(C)C)C(C)(C)C)C(C)(C)C. The van der Waals surface area contributed by atoms with E-state index < -0.39 is 27.4 Å². The minimum absolute atomic E-state index is 0.159. The average molecular weight is 663 g/mol. The monoisotopic (exact) mass is 662 g/mol. The maximum Gasteiger partial charge on any atom is 0.178 e. The lowest BCUT2D eigenvalue weighted by molar-refractivity contribution is 0.105. The van der Waals surface area contributed by atoms with Gasteiger partial charge in [-0.1, -0.05) is 18.1 Å². The van der Waals surface area contributed by atoms with Gasteiger partial charge in [-0.3, -0.25) is 0 Å². The Hall–Kier alpha value is 1.14. The third-order valence-electron chi connectivity index (χ3n) is 7.90. The van der Waals surface area contributed by atoms with Crippen LogP contribution in [0.4, 0.5) is 0 Å². The lowest BCUT2D eigenvalue weighted by atomic mass is 10.0. The van der Waals surface area contributed by atoms with Gasteiger partial charge in [0.15, 0.2) is 27.4 Å². The van der Waals surface area contributed by atoms with E-state index >= 15 is 0 Å². The van der Waals surface area contributed by atoms with Crippen molar-refractivity contribution in [3.05, 3.63) is 0 Å². The van der Waals surface area contributed by atoms with Crippen molar-refractivity contribution in [2.75, 3.05) is 0 Å². The Labute approximate surface area is 268 Å². The van der Waals surface area contributed by atoms with Crippen molar-refractivity contribution in [2.45, 2.75) is 194 Å². The highest BCUT2D eigenvalue weighted by Crippen LogP contribution is 2.39. The zero-order valence-electron chi connectivity index (χ0n) is 31.8. The molecule has 0 rings (SSSR count). The largest absolute Gasteiger partial charge is 0.339 e. The van der Waals surface area contributed by atoms with E-state index in [1.807, 2.05) is 0 Å². The molecule has 4 nitrogen and oxygen atoms in total. The van der Waals surface area contributed by atoms with E-state index in [9.17, 15) is 0 Å². The number of rotatable bonds is 12. The van der Waals surface area contributed by atoms with Crippen LogP contribution in [0.25, 0.3) is 0 Å². The summed E-state index contributed by atoms with van der Waals surface area (Å²) in [6.45, 7) is 45.4. The average Bonchev–Trinajstić information content (AvgIpc) is 2.61. The Morgan fingerprint density at radius 2 is 0.500 bits per heavy atom. The molecule has 0 aliphatic carbocycles. The maximum atomic E-state index is 3.53. The topological polar surface area (TPSA) is 13.0 Å². The van der Waals surface area contributed by atoms with Gasteiger partial charge in [-0.15, -0.1) is 0 Å². The second-order valence-corrected chi connectivity index (χ2v) is 31.1. The fourth-order valence-corrected chi connectivity index (χ4v) is 32.2. The van der Waals surface area contributed by atoms with Gasteiger partial charge in [-0.2, -0.15) is 0 Å². The molecule has 0 aromatic carbocycles. The van der Waals surface area contributed by atoms with Crippen LogP contribution in [0.1, 0.15) is 125 Å². The Morgan fingerprint density at radius 3 is 0.600 bits per heavy atom. The highest BCUT2D eigenvalue weighted by atomic mass is 28.4. The van der Waals surface area contributed by atoms with Gasteiger partial charge in [0, 0.05) is 64.0 Å². The van der Waals surface area contributed by atoms with Crippen LogP contribution in [0.5, 0.6) is 0 Å². The summed E-state index contributed by atoms with van der Waals surface area (Å²) in [6, 6.07) is 8.61. The van der Waals surface area contributed by atoms with E-state index in [1.165, 1.54) is 67.0 Å². The molecule has 0 amide bonds. The molecule has 3 atom stereocenters. The summed E-state index contributed by atoms with van der Waals surface area (Å²) in [5.74, 6) is 0. The highest BCUT2D eigenvalue weighted by molar-refractivity contribution is 6.85. The molecule has 0 aromatic rings. The van der Waals surface area contributed by atoms with Gasteiger partial charge in [0.2, 0.25) is 0 Å². The van der Waals surface area contributed by atoms with Crippen molar-refractivity contribution in [3.8, 4) is 0 Å². The molecule has 0 bridgehead atoms. The fourth-order valence-electron chi connectivity index (χ4n) is 8.31. The molecule has 0 spiro atoms. The summed E-state index contributed by atoms with van der Waals surface area (Å²) in [6.07, 6.45) is 0. The van der Waals surface area contributed by atoms with Crippen LogP contribution in [0.2, 0.25) is 36.3 Å². The van der Waals surface area contributed by atoms with Crippen LogP contribution >= 0.6 is 0 Å². The minimum Gasteiger partial charge on any atom is -0.339 e. The van der Waals surface area contributed by atoms with Crippen molar-refractivity contribution >= 4 is 58.1 Å². The van der Waals surface area contributed by atoms with Crippen LogP contribution in [-0.2, 0) is 0 Å². The van der Waals surface area contributed by atoms with E-state index in [2.05, 4.69) is 142 Å². The summed E-state index contributed by atoms with van der Waals surface area (Å²) < 4.78 is 12.9. The number of hydrogen-bond donors (Lipinski definition) is 0. The molecular formula is C30H78N4Si6. The summed E-state index contributed by atoms with van der Waals surface area (Å²) in [5.41, 5.74) is 0.956. The van der Waals surface area contributed by atoms with Gasteiger partial charge in [-0.05, 0) is 143 Å². The smallest absolute Gasteiger partial charge is 0.178 e. The van der Waals surface area contributed by atoms with E-state index in [-0.39, 0.29) is 33.2 Å². The lowest BCUT2D eigenvalue weighted by Crippen LogP contribution is -2.80. The predicted octanol–water partition coefficient (Wildman–Crippen LogP) is 4.00. The van der Waals surface area contributed by atoms with E-state index in [1.54, 1.807) is 0 Å². The summed E-state index contributed by atoms with van der Waals surface area (Å²) >= 11 is 0. The maximum absolute atomic E-state index is 3.53. The Balaban J connectivity index is 8.16. The van der Waals surface area contributed by atoms with E-state index in [0.29, 0.717) is 0 Å². The lowest BCUT2D eigenvalue weighted by Gasteiger charge is -2.63. The number of nitrogens with zero attached hydrogens (tertiary/aromatic N) is 4. The second-order valence-electron chi connectivity index (χ2n) is 18.4. The molecule has 242 valence electrons. The first kappa shape index (κ1) is 41.1. The van der Waals surface area contributed by atoms with Crippen molar-refractivity contribution in [2.24, 2.45) is 0 Å². The quantitative estimate of drug-likeness (QED) is 0.293. The summed E-state index contributed by atoms with van der Waals surface area (Å²) in [5, 5.41) is 0. The van der Waals surface area contributed by atoms with Crippen molar-refractivity contribution in [1.29, 1.82) is 0 Å². The molecule has 10 heteroatoms. The third kappa shape index (κ3) is 11.6. The molecule has 0 saturated heterocycles. The molecule has 0 aromatic heterocycles. The zero-order valence-corrected chi connectivity index (χ0v) is 41.2.